The average Bonchev–Trinajstić information content (AvgIpc) is 3.50. The first kappa shape index (κ1) is 30.6. The number of β-amino-alcohol motifs (C(OH)–C–C–N with tert-alkyl or cyclic N) is 1. The monoisotopic (exact) mass is 609 g/mol. The lowest BCUT2D eigenvalue weighted by molar-refractivity contribution is -0.0328. The fourth-order valence-electron chi connectivity index (χ4n) is 6.45. The Morgan fingerprint density at radius 2 is 1.86 bits per heavy atom. The lowest BCUT2D eigenvalue weighted by atomic mass is 9.85. The van der Waals surface area contributed by atoms with Gasteiger partial charge >= 0.3 is 0 Å². The van der Waals surface area contributed by atoms with Crippen LogP contribution in [0.3, 0.4) is 0 Å². The van der Waals surface area contributed by atoms with Gasteiger partial charge in [-0.2, -0.15) is 0 Å². The summed E-state index contributed by atoms with van der Waals surface area (Å²) in [5, 5.41) is 14.3. The van der Waals surface area contributed by atoms with Crippen LogP contribution in [0.2, 0.25) is 0 Å². The van der Waals surface area contributed by atoms with E-state index in [9.17, 15) is 13.9 Å². The first-order valence-electron chi connectivity index (χ1n) is 15.4. The molecule has 3 aromatic carbocycles. The third kappa shape index (κ3) is 7.10. The molecule has 4 atom stereocenters. The minimum absolute atomic E-state index is 0.137. The van der Waals surface area contributed by atoms with Crippen molar-refractivity contribution >= 4 is 11.4 Å². The van der Waals surface area contributed by atoms with Gasteiger partial charge in [-0.3, -0.25) is 0 Å². The molecule has 2 fully saturated rings. The molecule has 44 heavy (non-hydrogen) atoms. The van der Waals surface area contributed by atoms with E-state index in [4.69, 9.17) is 18.9 Å². The molecule has 3 heterocycles. The minimum Gasteiger partial charge on any atom is -0.490 e. The second-order valence-corrected chi connectivity index (χ2v) is 11.7. The number of hydrogen-bond acceptors (Lipinski definition) is 8. The van der Waals surface area contributed by atoms with Gasteiger partial charge in [-0.1, -0.05) is 18.2 Å². The van der Waals surface area contributed by atoms with Gasteiger partial charge in [-0.05, 0) is 53.9 Å². The van der Waals surface area contributed by atoms with E-state index in [0.29, 0.717) is 51.6 Å². The van der Waals surface area contributed by atoms with Crippen LogP contribution >= 0.6 is 0 Å². The maximum Gasteiger partial charge on any atom is 0.146 e. The first-order chi connectivity index (χ1) is 21.5. The Labute approximate surface area is 257 Å². The van der Waals surface area contributed by atoms with Crippen molar-refractivity contribution in [3.63, 3.8) is 0 Å². The third-order valence-electron chi connectivity index (χ3n) is 8.70. The van der Waals surface area contributed by atoms with E-state index >= 15 is 0 Å². The van der Waals surface area contributed by atoms with Crippen LogP contribution in [0.4, 0.5) is 20.2 Å². The Kier molecular flexibility index (Phi) is 9.81. The largest absolute Gasteiger partial charge is 0.490 e. The molecule has 0 aliphatic carbocycles. The summed E-state index contributed by atoms with van der Waals surface area (Å²) in [7, 11) is 1.72. The highest BCUT2D eigenvalue weighted by Gasteiger charge is 2.34. The normalized spacial score (nSPS) is 23.4. The van der Waals surface area contributed by atoms with Gasteiger partial charge in [0, 0.05) is 58.3 Å². The average molecular weight is 610 g/mol. The SMILES string of the molecule is COCCCN1CCOc2ccc(COC3CNCC(O)C3c3ccc(OC4CCN(c5cc(F)ccc5F)C4)cc3)cc21. The van der Waals surface area contributed by atoms with Crippen molar-refractivity contribution in [1.29, 1.82) is 0 Å². The number of anilines is 2. The number of piperidine rings is 1. The molecule has 10 heteroatoms. The molecule has 3 aromatic rings. The molecule has 6 rings (SSSR count). The molecule has 0 bridgehead atoms. The molecule has 0 amide bonds. The molecule has 4 unspecified atom stereocenters. The van der Waals surface area contributed by atoms with E-state index < -0.39 is 17.7 Å². The lowest BCUT2D eigenvalue weighted by Crippen LogP contribution is -2.49. The Hall–Kier alpha value is -3.44. The number of hydrogen-bond donors (Lipinski definition) is 2. The fourth-order valence-corrected chi connectivity index (χ4v) is 6.45. The van der Waals surface area contributed by atoms with Crippen LogP contribution in [0, 0.1) is 11.6 Å². The van der Waals surface area contributed by atoms with Crippen LogP contribution in [-0.2, 0) is 16.1 Å². The summed E-state index contributed by atoms with van der Waals surface area (Å²) in [6, 6.07) is 17.5. The molecule has 2 saturated heterocycles. The molecule has 3 aliphatic heterocycles. The molecule has 236 valence electrons. The first-order valence-corrected chi connectivity index (χ1v) is 15.4. The van der Waals surface area contributed by atoms with Crippen molar-refractivity contribution in [2.24, 2.45) is 0 Å². The van der Waals surface area contributed by atoms with Gasteiger partial charge in [0.15, 0.2) is 0 Å². The molecule has 3 aliphatic rings. The van der Waals surface area contributed by atoms with E-state index in [0.717, 1.165) is 60.8 Å². The van der Waals surface area contributed by atoms with Crippen molar-refractivity contribution in [3.05, 3.63) is 83.4 Å². The molecule has 0 saturated carbocycles. The molecule has 0 radical (unpaired) electrons. The standard InChI is InChI=1S/C34H41F2N3O5/c1-41-15-2-12-38-14-16-42-32-10-3-23(17-30(32)38)22-43-33-20-37-19-31(40)34(33)24-4-7-26(8-5-24)44-27-11-13-39(21-27)29-18-25(35)6-9-28(29)36/h3-10,17-18,27,31,33-34,37,40H,2,11-16,19-22H2,1H3. The zero-order chi connectivity index (χ0) is 30.5. The minimum atomic E-state index is -0.599. The lowest BCUT2D eigenvalue weighted by Gasteiger charge is -2.36. The zero-order valence-electron chi connectivity index (χ0n) is 25.1. The number of aliphatic hydroxyl groups is 1. The van der Waals surface area contributed by atoms with Crippen molar-refractivity contribution in [1.82, 2.24) is 5.32 Å². The fraction of sp³-hybridized carbons (Fsp3) is 0.471. The summed E-state index contributed by atoms with van der Waals surface area (Å²) >= 11 is 0. The number of benzene rings is 3. The number of nitrogens with one attached hydrogen (secondary N) is 1. The van der Waals surface area contributed by atoms with E-state index in [1.807, 2.05) is 41.3 Å². The van der Waals surface area contributed by atoms with E-state index in [2.05, 4.69) is 16.3 Å². The second-order valence-electron chi connectivity index (χ2n) is 11.7. The van der Waals surface area contributed by atoms with Gasteiger partial charge < -0.3 is 39.2 Å². The molecule has 0 spiro atoms. The van der Waals surface area contributed by atoms with Gasteiger partial charge in [0.1, 0.15) is 35.8 Å². The highest BCUT2D eigenvalue weighted by atomic mass is 19.1. The number of halogens is 2. The number of ether oxygens (including phenoxy) is 4. The number of aliphatic hydroxyl groups excluding tert-OH is 1. The summed E-state index contributed by atoms with van der Waals surface area (Å²) in [6.45, 7) is 5.73. The van der Waals surface area contributed by atoms with Crippen molar-refractivity contribution in [2.75, 3.05) is 69.4 Å². The van der Waals surface area contributed by atoms with E-state index in [1.165, 1.54) is 6.07 Å². The third-order valence-corrected chi connectivity index (χ3v) is 8.70. The van der Waals surface area contributed by atoms with E-state index in [-0.39, 0.29) is 23.8 Å². The van der Waals surface area contributed by atoms with Crippen molar-refractivity contribution < 1.29 is 32.8 Å². The molecular weight excluding hydrogens is 568 g/mol. The van der Waals surface area contributed by atoms with Crippen molar-refractivity contribution in [3.8, 4) is 11.5 Å². The van der Waals surface area contributed by atoms with Crippen molar-refractivity contribution in [2.45, 2.75) is 43.7 Å². The summed E-state index contributed by atoms with van der Waals surface area (Å²) in [6.07, 6.45) is 0.697. The maximum atomic E-state index is 14.3. The predicted octanol–water partition coefficient (Wildman–Crippen LogP) is 4.49. The number of methoxy groups -OCH3 is 1. The molecule has 2 N–H and O–H groups in total. The van der Waals surface area contributed by atoms with E-state index in [1.54, 1.807) is 7.11 Å². The summed E-state index contributed by atoms with van der Waals surface area (Å²) in [5.74, 6) is 0.497. The van der Waals surface area contributed by atoms with Crippen LogP contribution in [0.25, 0.3) is 0 Å². The van der Waals surface area contributed by atoms with Crippen LogP contribution in [0.1, 0.15) is 29.9 Å². The summed E-state index contributed by atoms with van der Waals surface area (Å²) in [4.78, 5) is 4.15. The highest BCUT2D eigenvalue weighted by Crippen LogP contribution is 2.35. The quantitative estimate of drug-likeness (QED) is 0.308. The molecule has 0 aromatic heterocycles. The van der Waals surface area contributed by atoms with Gasteiger partial charge in [0.05, 0.1) is 43.3 Å². The Morgan fingerprint density at radius 1 is 1.00 bits per heavy atom. The zero-order valence-corrected chi connectivity index (χ0v) is 25.1. The number of fused-ring (bicyclic) bond motifs is 1. The summed E-state index contributed by atoms with van der Waals surface area (Å²) < 4.78 is 51.7. The number of rotatable bonds is 11. The van der Waals surface area contributed by atoms with Gasteiger partial charge in [-0.15, -0.1) is 0 Å². The Bertz CT molecular complexity index is 1390. The highest BCUT2D eigenvalue weighted by molar-refractivity contribution is 5.61. The Morgan fingerprint density at radius 3 is 2.70 bits per heavy atom. The molecule has 8 nitrogen and oxygen atoms in total. The van der Waals surface area contributed by atoms with Crippen LogP contribution in [0.15, 0.2) is 60.7 Å². The van der Waals surface area contributed by atoms with Crippen LogP contribution in [0.5, 0.6) is 11.5 Å². The second kappa shape index (κ2) is 14.1. The van der Waals surface area contributed by atoms with Gasteiger partial charge in [-0.25, -0.2) is 8.78 Å². The predicted molar refractivity (Wildman–Crippen MR) is 165 cm³/mol. The maximum absolute atomic E-state index is 14.3. The van der Waals surface area contributed by atoms with Crippen LogP contribution < -0.4 is 24.6 Å². The summed E-state index contributed by atoms with van der Waals surface area (Å²) in [5.41, 5.74) is 3.38. The topological polar surface area (TPSA) is 75.7 Å². The van der Waals surface area contributed by atoms with Crippen LogP contribution in [-0.4, -0.2) is 83.0 Å². The van der Waals surface area contributed by atoms with Gasteiger partial charge in [0.2, 0.25) is 0 Å². The smallest absolute Gasteiger partial charge is 0.146 e. The number of nitrogens with zero attached hydrogens (tertiary/aromatic N) is 2. The molecular formula is C34H41F2N3O5. The Balaban J connectivity index is 1.07. The van der Waals surface area contributed by atoms with Gasteiger partial charge in [0.25, 0.3) is 0 Å².